The maximum absolute atomic E-state index is 12.0. The molecule has 1 amide bonds. The molecule has 0 aromatic rings. The fourth-order valence-electron chi connectivity index (χ4n) is 2.16. The van der Waals surface area contributed by atoms with E-state index in [1.54, 1.807) is 4.90 Å². The van der Waals surface area contributed by atoms with Crippen molar-refractivity contribution in [1.29, 1.82) is 0 Å². The van der Waals surface area contributed by atoms with Gasteiger partial charge in [0, 0.05) is 19.5 Å². The van der Waals surface area contributed by atoms with Gasteiger partial charge in [-0.15, -0.1) is 0 Å². The Bertz CT molecular complexity index is 262. The first-order chi connectivity index (χ1) is 8.13. The van der Waals surface area contributed by atoms with E-state index in [-0.39, 0.29) is 12.3 Å². The molecule has 1 saturated heterocycles. The van der Waals surface area contributed by atoms with Crippen molar-refractivity contribution in [3.8, 4) is 0 Å². The normalized spacial score (nSPS) is 19.9. The lowest BCUT2D eigenvalue weighted by Crippen LogP contribution is -2.37. The molecule has 1 aliphatic heterocycles. The van der Waals surface area contributed by atoms with Crippen molar-refractivity contribution in [3.63, 3.8) is 0 Å². The van der Waals surface area contributed by atoms with E-state index in [9.17, 15) is 9.59 Å². The zero-order valence-electron chi connectivity index (χ0n) is 10.4. The van der Waals surface area contributed by atoms with E-state index < -0.39 is 5.97 Å². The third-order valence-electron chi connectivity index (χ3n) is 3.19. The van der Waals surface area contributed by atoms with Crippen LogP contribution in [0.3, 0.4) is 0 Å². The Labute approximate surface area is 102 Å². The average molecular weight is 242 g/mol. The molecule has 1 unspecified atom stereocenters. The summed E-state index contributed by atoms with van der Waals surface area (Å²) in [4.78, 5) is 24.1. The Hall–Kier alpha value is -1.10. The first-order valence-electron chi connectivity index (χ1n) is 6.33. The molecule has 0 spiro atoms. The summed E-state index contributed by atoms with van der Waals surface area (Å²) < 4.78 is 0. The summed E-state index contributed by atoms with van der Waals surface area (Å²) >= 11 is 0. The molecule has 0 bridgehead atoms. The maximum atomic E-state index is 12.0. The highest BCUT2D eigenvalue weighted by molar-refractivity contribution is 5.77. The smallest absolute Gasteiger partial charge is 0.305 e. The Balaban J connectivity index is 2.34. The van der Waals surface area contributed by atoms with Crippen LogP contribution in [0.25, 0.3) is 0 Å². The number of hydrogen-bond acceptors (Lipinski definition) is 3. The number of carboxylic acid groups (broad SMARTS) is 1. The lowest BCUT2D eigenvalue weighted by Gasteiger charge is -2.26. The second-order valence-corrected chi connectivity index (χ2v) is 4.53. The largest absolute Gasteiger partial charge is 0.481 e. The van der Waals surface area contributed by atoms with Crippen LogP contribution >= 0.6 is 0 Å². The van der Waals surface area contributed by atoms with E-state index in [1.807, 2.05) is 6.92 Å². The van der Waals surface area contributed by atoms with Gasteiger partial charge in [0.1, 0.15) is 0 Å². The van der Waals surface area contributed by atoms with E-state index in [1.165, 1.54) is 0 Å². The molecule has 1 fully saturated rings. The predicted octanol–water partition coefficient (Wildman–Crippen LogP) is 0.699. The predicted molar refractivity (Wildman–Crippen MR) is 64.7 cm³/mol. The molecule has 98 valence electrons. The van der Waals surface area contributed by atoms with Gasteiger partial charge in [0.05, 0.1) is 6.42 Å². The van der Waals surface area contributed by atoms with E-state index in [0.717, 1.165) is 25.9 Å². The number of amides is 1. The summed E-state index contributed by atoms with van der Waals surface area (Å²) in [5.41, 5.74) is 0. The molecule has 2 N–H and O–H groups in total. The summed E-state index contributed by atoms with van der Waals surface area (Å²) in [5.74, 6) is -0.354. The zero-order chi connectivity index (χ0) is 12.7. The molecule has 1 rings (SSSR count). The summed E-state index contributed by atoms with van der Waals surface area (Å²) in [6.45, 7) is 4.75. The second kappa shape index (κ2) is 7.27. The number of hydrogen-bond donors (Lipinski definition) is 2. The minimum Gasteiger partial charge on any atom is -0.481 e. The van der Waals surface area contributed by atoms with Gasteiger partial charge >= 0.3 is 5.97 Å². The number of carbonyl (C=O) groups is 2. The molecule has 0 radical (unpaired) electrons. The summed E-state index contributed by atoms with van der Waals surface area (Å²) in [6.07, 6.45) is 2.79. The van der Waals surface area contributed by atoms with Gasteiger partial charge in [0.15, 0.2) is 0 Å². The molecule has 0 aromatic heterocycles. The van der Waals surface area contributed by atoms with Crippen LogP contribution in [0, 0.1) is 5.92 Å². The lowest BCUT2D eigenvalue weighted by molar-refractivity contribution is -0.138. The van der Waals surface area contributed by atoms with Crippen molar-refractivity contribution in [3.05, 3.63) is 0 Å². The van der Waals surface area contributed by atoms with Gasteiger partial charge in [-0.3, -0.25) is 9.59 Å². The van der Waals surface area contributed by atoms with Crippen molar-refractivity contribution in [1.82, 2.24) is 10.2 Å². The molecular formula is C12H22N2O3. The van der Waals surface area contributed by atoms with Crippen molar-refractivity contribution in [2.45, 2.75) is 32.6 Å². The second-order valence-electron chi connectivity index (χ2n) is 4.53. The number of rotatable bonds is 6. The fourth-order valence-corrected chi connectivity index (χ4v) is 2.16. The van der Waals surface area contributed by atoms with Crippen LogP contribution in [0.4, 0.5) is 0 Å². The van der Waals surface area contributed by atoms with E-state index in [4.69, 9.17) is 5.11 Å². The Kier molecular flexibility index (Phi) is 5.97. The first-order valence-corrected chi connectivity index (χ1v) is 6.33. The molecule has 17 heavy (non-hydrogen) atoms. The molecule has 5 heteroatoms. The number of nitrogens with zero attached hydrogens (tertiary/aromatic N) is 1. The van der Waals surface area contributed by atoms with Gasteiger partial charge in [-0.05, 0) is 38.8 Å². The number of nitrogens with one attached hydrogen (secondary N) is 1. The quantitative estimate of drug-likeness (QED) is 0.719. The molecule has 0 aliphatic carbocycles. The van der Waals surface area contributed by atoms with Gasteiger partial charge in [-0.25, -0.2) is 0 Å². The molecule has 5 nitrogen and oxygen atoms in total. The zero-order valence-corrected chi connectivity index (χ0v) is 10.4. The maximum Gasteiger partial charge on any atom is 0.305 e. The van der Waals surface area contributed by atoms with Gasteiger partial charge in [-0.1, -0.05) is 0 Å². The third-order valence-corrected chi connectivity index (χ3v) is 3.19. The van der Waals surface area contributed by atoms with Crippen LogP contribution in [-0.4, -0.2) is 48.1 Å². The SMILES string of the molecule is CCN(CCC(=O)O)C(=O)CC1CCCNC1. The van der Waals surface area contributed by atoms with Crippen LogP contribution < -0.4 is 5.32 Å². The third kappa shape index (κ3) is 5.17. The van der Waals surface area contributed by atoms with Gasteiger partial charge < -0.3 is 15.3 Å². The number of carboxylic acids is 1. The first kappa shape index (κ1) is 14.0. The Morgan fingerprint density at radius 1 is 1.47 bits per heavy atom. The molecular weight excluding hydrogens is 220 g/mol. The highest BCUT2D eigenvalue weighted by atomic mass is 16.4. The van der Waals surface area contributed by atoms with E-state index >= 15 is 0 Å². The highest BCUT2D eigenvalue weighted by Gasteiger charge is 2.20. The van der Waals surface area contributed by atoms with Crippen molar-refractivity contribution in [2.75, 3.05) is 26.2 Å². The molecule has 1 atom stereocenters. The summed E-state index contributed by atoms with van der Waals surface area (Å²) in [6, 6.07) is 0. The molecule has 1 heterocycles. The van der Waals surface area contributed by atoms with Crippen LogP contribution in [0.5, 0.6) is 0 Å². The number of aliphatic carboxylic acids is 1. The molecule has 1 aliphatic rings. The summed E-state index contributed by atoms with van der Waals surface area (Å²) in [7, 11) is 0. The van der Waals surface area contributed by atoms with Gasteiger partial charge in [0.2, 0.25) is 5.91 Å². The van der Waals surface area contributed by atoms with E-state index in [0.29, 0.717) is 25.4 Å². The standard InChI is InChI=1S/C12H22N2O3/c1-2-14(7-5-12(16)17)11(15)8-10-4-3-6-13-9-10/h10,13H,2-9H2,1H3,(H,16,17). The lowest BCUT2D eigenvalue weighted by atomic mass is 9.95. The van der Waals surface area contributed by atoms with E-state index in [2.05, 4.69) is 5.32 Å². The van der Waals surface area contributed by atoms with Crippen molar-refractivity contribution < 1.29 is 14.7 Å². The monoisotopic (exact) mass is 242 g/mol. The van der Waals surface area contributed by atoms with Crippen LogP contribution in [0.1, 0.15) is 32.6 Å². The fraction of sp³-hybridized carbons (Fsp3) is 0.833. The Morgan fingerprint density at radius 3 is 2.76 bits per heavy atom. The summed E-state index contributed by atoms with van der Waals surface area (Å²) in [5, 5.41) is 11.9. The highest BCUT2D eigenvalue weighted by Crippen LogP contribution is 2.15. The van der Waals surface area contributed by atoms with Crippen molar-refractivity contribution >= 4 is 11.9 Å². The number of carbonyl (C=O) groups excluding carboxylic acids is 1. The van der Waals surface area contributed by atoms with Gasteiger partial charge in [0.25, 0.3) is 0 Å². The average Bonchev–Trinajstić information content (AvgIpc) is 2.30. The topological polar surface area (TPSA) is 69.6 Å². The van der Waals surface area contributed by atoms with Crippen molar-refractivity contribution in [2.24, 2.45) is 5.92 Å². The Morgan fingerprint density at radius 2 is 2.24 bits per heavy atom. The molecule has 0 aromatic carbocycles. The van der Waals surface area contributed by atoms with Gasteiger partial charge in [-0.2, -0.15) is 0 Å². The number of piperidine rings is 1. The minimum atomic E-state index is -0.851. The van der Waals surface area contributed by atoms with Crippen LogP contribution in [-0.2, 0) is 9.59 Å². The van der Waals surface area contributed by atoms with Crippen LogP contribution in [0.2, 0.25) is 0 Å². The molecule has 0 saturated carbocycles. The van der Waals surface area contributed by atoms with Crippen LogP contribution in [0.15, 0.2) is 0 Å². The minimum absolute atomic E-state index is 0.0303.